The number of phenols is 1. The Morgan fingerprint density at radius 2 is 1.12 bits per heavy atom. The highest BCUT2D eigenvalue weighted by atomic mass is 32.1. The molecule has 698 valence electrons. The van der Waals surface area contributed by atoms with Crippen molar-refractivity contribution < 1.29 is 121 Å². The number of unbranched alkanes of at least 4 members (excludes halogenated alkanes) is 1. The fraction of sp³-hybridized carbons (Fsp3) is 0.655. The second-order valence-corrected chi connectivity index (χ2v) is 32.8. The number of nitrogens with zero attached hydrogens (tertiary/aromatic N) is 4. The number of esters is 1. The number of aromatic nitrogens is 1. The molecule has 0 bridgehead atoms. The van der Waals surface area contributed by atoms with E-state index in [0.717, 1.165) is 28.4 Å². The van der Waals surface area contributed by atoms with Gasteiger partial charge in [0.15, 0.2) is 6.10 Å². The molecule has 40 nitrogen and oxygen atoms in total. The number of likely N-dealkylation sites (N-methyl/N-ethyl adjacent to an activating group) is 2. The highest BCUT2D eigenvalue weighted by Crippen LogP contribution is 2.32. The van der Waals surface area contributed by atoms with Gasteiger partial charge in [0, 0.05) is 167 Å². The van der Waals surface area contributed by atoms with Crippen LogP contribution in [-0.4, -0.2) is 275 Å². The van der Waals surface area contributed by atoms with Crippen LogP contribution in [0, 0.1) is 17.8 Å². The van der Waals surface area contributed by atoms with E-state index in [1.165, 1.54) is 44.4 Å². The zero-order valence-electron chi connectivity index (χ0n) is 73.9. The van der Waals surface area contributed by atoms with E-state index in [1.807, 2.05) is 27.7 Å². The minimum Gasteiger partial charge on any atom is -0.506 e. The standard InChI is InChI=1S/C84H131N15O25S/c1-13-52(4)75(96-83(121)84(8,9)97(10)11)80(116)98(12)62(51(2)3)49-64(124-55(7)100)79-95-61(50-125-79)78(115)91-57(46-53(5)81(117)118)47-56-28-30-63(101)60(48-56)93-71(108)35-39-88-68(105)34-40-89-77(114)58(94-76(113)54(6)90-69(106)24-17-41-99-72(109)32-33-73(99)110)22-14-15-36-85-65(102)25-18-42-122-44-20-37-86-66(103)26-19-43-123-45-21-38-87-67(104)31-29-59(82(119)120)92-70(107)23-16-27-74(111)112/h28,30,32-33,48,50-54,57-59,62,64,75,101H,13-27,29,31,34-47,49H2,1-12H3,(H,85,102)(H,86,103)(H,87,104)(H,88,105)(H,89,114)(H,90,106)(H,91,115)(H,92,107)(H,93,108)(H,94,113)(H,96,121)(H,111,112)(H,117,118)(H,119,120)/t52-,53-,54-,57+,58-,59+,62+,64+,75-/m0/s1. The Kier molecular flexibility index (Phi) is 49.7. The fourth-order valence-electron chi connectivity index (χ4n) is 12.6. The molecule has 2 aromatic rings. The van der Waals surface area contributed by atoms with Crippen LogP contribution < -0.4 is 58.5 Å². The van der Waals surface area contributed by atoms with Crippen LogP contribution in [0.3, 0.4) is 0 Å². The molecule has 1 aromatic carbocycles. The maximum absolute atomic E-state index is 14.4. The number of carboxylic acids is 3. The average Bonchev–Trinajstić information content (AvgIpc) is 1.75. The second kappa shape index (κ2) is 57.5. The van der Waals surface area contributed by atoms with E-state index >= 15 is 0 Å². The summed E-state index contributed by atoms with van der Waals surface area (Å²) >= 11 is 1.04. The minimum absolute atomic E-state index is 0.00486. The number of nitrogens with one attached hydrogen (secondary N) is 11. The van der Waals surface area contributed by atoms with Crippen LogP contribution in [0.4, 0.5) is 5.69 Å². The molecule has 0 radical (unpaired) electrons. The molecule has 1 aliphatic heterocycles. The molecular weight excluding hydrogens is 1650 g/mol. The van der Waals surface area contributed by atoms with Gasteiger partial charge >= 0.3 is 23.9 Å². The van der Waals surface area contributed by atoms with Crippen molar-refractivity contribution in [3.63, 3.8) is 0 Å². The van der Waals surface area contributed by atoms with Crippen LogP contribution in [0.2, 0.25) is 0 Å². The second-order valence-electron chi connectivity index (χ2n) is 31.9. The highest BCUT2D eigenvalue weighted by Gasteiger charge is 2.40. The Labute approximate surface area is 733 Å². The molecule has 41 heteroatoms. The number of aromatic hydroxyl groups is 1. The van der Waals surface area contributed by atoms with Gasteiger partial charge in [0.05, 0.1) is 17.1 Å². The third kappa shape index (κ3) is 42.5. The van der Waals surface area contributed by atoms with Crippen molar-refractivity contribution in [3.05, 3.63) is 52.0 Å². The molecule has 0 fully saturated rings. The van der Waals surface area contributed by atoms with Crippen molar-refractivity contribution in [2.45, 2.75) is 251 Å². The molecule has 9 atom stereocenters. The maximum Gasteiger partial charge on any atom is 0.326 e. The first-order valence-corrected chi connectivity index (χ1v) is 43.3. The van der Waals surface area contributed by atoms with Gasteiger partial charge in [0.2, 0.25) is 65.0 Å². The highest BCUT2D eigenvalue weighted by molar-refractivity contribution is 7.09. The van der Waals surface area contributed by atoms with E-state index < -0.39 is 137 Å². The molecule has 0 unspecified atom stereocenters. The van der Waals surface area contributed by atoms with E-state index in [9.17, 15) is 102 Å². The van der Waals surface area contributed by atoms with Crippen LogP contribution in [0.15, 0.2) is 35.7 Å². The van der Waals surface area contributed by atoms with E-state index in [-0.39, 0.29) is 193 Å². The monoisotopic (exact) mass is 1780 g/mol. The Morgan fingerprint density at radius 1 is 0.568 bits per heavy atom. The third-order valence-electron chi connectivity index (χ3n) is 20.8. The Hall–Kier alpha value is -11.1. The summed E-state index contributed by atoms with van der Waals surface area (Å²) in [7, 11) is 5.17. The number of carbonyl (C=O) groups excluding carboxylic acids is 15. The number of benzene rings is 1. The molecule has 0 saturated heterocycles. The number of aliphatic carboxylic acids is 3. The van der Waals surface area contributed by atoms with Crippen LogP contribution >= 0.6 is 11.3 Å². The fourth-order valence-corrected chi connectivity index (χ4v) is 13.4. The zero-order valence-corrected chi connectivity index (χ0v) is 74.7. The molecule has 1 aliphatic rings. The summed E-state index contributed by atoms with van der Waals surface area (Å²) in [5, 5.41) is 70.0. The molecule has 125 heavy (non-hydrogen) atoms. The van der Waals surface area contributed by atoms with Gasteiger partial charge in [0.1, 0.15) is 40.6 Å². The molecule has 1 aromatic heterocycles. The van der Waals surface area contributed by atoms with Gasteiger partial charge in [-0.3, -0.25) is 91.3 Å². The normalized spacial score (nSPS) is 14.0. The summed E-state index contributed by atoms with van der Waals surface area (Å²) in [6, 6.07) is -1.64. The van der Waals surface area contributed by atoms with Crippen LogP contribution in [0.25, 0.3) is 0 Å². The maximum atomic E-state index is 14.4. The van der Waals surface area contributed by atoms with Gasteiger partial charge in [-0.05, 0) is 141 Å². The number of rotatable bonds is 64. The third-order valence-corrected chi connectivity index (χ3v) is 21.7. The molecule has 14 amide bonds. The number of thiazole rings is 1. The van der Waals surface area contributed by atoms with E-state index in [4.69, 9.17) is 19.3 Å². The molecule has 2 heterocycles. The van der Waals surface area contributed by atoms with Crippen LogP contribution in [0.1, 0.15) is 224 Å². The van der Waals surface area contributed by atoms with E-state index in [2.05, 4.69) is 63.5 Å². The van der Waals surface area contributed by atoms with Crippen LogP contribution in [-0.2, 0) is 102 Å². The summed E-state index contributed by atoms with van der Waals surface area (Å²) in [6.45, 7) is 16.8. The minimum atomic E-state index is -1.32. The summed E-state index contributed by atoms with van der Waals surface area (Å²) < 4.78 is 17.0. The van der Waals surface area contributed by atoms with E-state index in [0.29, 0.717) is 76.9 Å². The number of carboxylic acid groups (broad SMARTS) is 3. The van der Waals surface area contributed by atoms with Gasteiger partial charge in [-0.1, -0.05) is 47.1 Å². The van der Waals surface area contributed by atoms with Crippen molar-refractivity contribution >= 4 is 124 Å². The molecular formula is C84H131N15O25S. The zero-order chi connectivity index (χ0) is 93.5. The number of hydrogen-bond acceptors (Lipinski definition) is 25. The van der Waals surface area contributed by atoms with Gasteiger partial charge in [-0.2, -0.15) is 0 Å². The molecule has 0 saturated carbocycles. The smallest absolute Gasteiger partial charge is 0.326 e. The quantitative estimate of drug-likeness (QED) is 0.0196. The topological polar surface area (TPSA) is 571 Å². The first kappa shape index (κ1) is 108. The van der Waals surface area contributed by atoms with Gasteiger partial charge in [0.25, 0.3) is 17.7 Å². The summed E-state index contributed by atoms with van der Waals surface area (Å²) in [6.07, 6.45) is 3.54. The lowest BCUT2D eigenvalue weighted by Gasteiger charge is -2.38. The number of carbonyl (C=O) groups is 18. The lowest BCUT2D eigenvalue weighted by atomic mass is 9.92. The molecule has 15 N–H and O–H groups in total. The average molecular weight is 1780 g/mol. The summed E-state index contributed by atoms with van der Waals surface area (Å²) in [5.74, 6) is -12.9. The lowest BCUT2D eigenvalue weighted by molar-refractivity contribution is -0.149. The van der Waals surface area contributed by atoms with Crippen molar-refractivity contribution in [2.75, 3.05) is 92.2 Å². The largest absolute Gasteiger partial charge is 0.506 e. The molecule has 0 spiro atoms. The number of phenolic OH excluding ortho intramolecular Hbond substituents is 1. The molecule has 0 aliphatic carbocycles. The number of amides is 14. The van der Waals surface area contributed by atoms with Gasteiger partial charge < -0.3 is 98.0 Å². The summed E-state index contributed by atoms with van der Waals surface area (Å²) in [5.41, 5.74) is -0.578. The Bertz CT molecular complexity index is 3970. The predicted molar refractivity (Wildman–Crippen MR) is 457 cm³/mol. The van der Waals surface area contributed by atoms with Crippen molar-refractivity contribution in [3.8, 4) is 5.75 Å². The number of anilines is 1. The number of ether oxygens (including phenoxy) is 3. The predicted octanol–water partition coefficient (Wildman–Crippen LogP) is 2.79. The first-order chi connectivity index (χ1) is 59.0. The number of hydrogen-bond donors (Lipinski definition) is 15. The van der Waals surface area contributed by atoms with Gasteiger partial charge in [-0.25, -0.2) is 9.78 Å². The van der Waals surface area contributed by atoms with Crippen LogP contribution in [0.5, 0.6) is 5.75 Å². The van der Waals surface area contributed by atoms with Crippen molar-refractivity contribution in [2.24, 2.45) is 17.8 Å². The number of imide groups is 1. The summed E-state index contributed by atoms with van der Waals surface area (Å²) in [4.78, 5) is 237. The Balaban J connectivity index is 1.50. The van der Waals surface area contributed by atoms with Crippen molar-refractivity contribution in [1.82, 2.24) is 72.9 Å². The lowest BCUT2D eigenvalue weighted by Crippen LogP contribution is -2.60. The first-order valence-electron chi connectivity index (χ1n) is 42.4. The van der Waals surface area contributed by atoms with Crippen molar-refractivity contribution in [1.29, 1.82) is 0 Å². The molecule has 3 rings (SSSR count). The van der Waals surface area contributed by atoms with Gasteiger partial charge in [-0.15, -0.1) is 11.3 Å². The SMILES string of the molecule is CC[C@H](C)[C@H](NC(=O)C(C)(C)N(C)C)C(=O)N(C)[C@H](C[C@@H](OC(C)=O)c1nc(C(=O)N[C@@H](Cc2ccc(O)c(NC(=O)CCNC(=O)CCNC(=O)[C@H](CCCCNC(=O)CCCOCCCNC(=O)CCCOCCCNC(=O)CC[C@@H](NC(=O)CCCC(=O)O)C(=O)O)NC(=O)[C@H](C)NC(=O)CCCN3C(=O)C=CC3=O)c2)C[C@H](C)C(=O)O)cs1)C(C)C. The Morgan fingerprint density at radius 3 is 1.70 bits per heavy atom. The van der Waals surface area contributed by atoms with E-state index in [1.54, 1.807) is 44.8 Å².